The van der Waals surface area contributed by atoms with Gasteiger partial charge in [-0.2, -0.15) is 0 Å². The van der Waals surface area contributed by atoms with Crippen molar-refractivity contribution in [2.45, 2.75) is 6.92 Å². The maximum Gasteiger partial charge on any atom is 0.248 e. The van der Waals surface area contributed by atoms with E-state index in [-0.39, 0.29) is 11.7 Å². The fourth-order valence-electron chi connectivity index (χ4n) is 2.66. The van der Waals surface area contributed by atoms with Crippen LogP contribution in [0.1, 0.15) is 31.8 Å². The fraction of sp³-hybridized carbons (Fsp3) is 0.211. The molecule has 122 valence electrons. The Morgan fingerprint density at radius 2 is 1.67 bits per heavy atom. The van der Waals surface area contributed by atoms with E-state index < -0.39 is 5.91 Å². The lowest BCUT2D eigenvalue weighted by Crippen LogP contribution is -2.39. The quantitative estimate of drug-likeness (QED) is 0.844. The van der Waals surface area contributed by atoms with Crippen molar-refractivity contribution in [1.29, 1.82) is 0 Å². The molecule has 3 N–H and O–H groups in total. The van der Waals surface area contributed by atoms with E-state index in [1.54, 1.807) is 24.3 Å². The van der Waals surface area contributed by atoms with E-state index in [9.17, 15) is 9.59 Å². The van der Waals surface area contributed by atoms with E-state index in [0.717, 1.165) is 22.5 Å². The molecule has 0 fully saturated rings. The first kappa shape index (κ1) is 15.9. The number of ketones is 1. The van der Waals surface area contributed by atoms with Gasteiger partial charge in [0, 0.05) is 23.2 Å². The number of carbonyl (C=O) groups excluding carboxylic acids is 2. The molecule has 0 saturated carbocycles. The van der Waals surface area contributed by atoms with Crippen LogP contribution in [0.2, 0.25) is 0 Å². The van der Waals surface area contributed by atoms with Gasteiger partial charge in [0.15, 0.2) is 5.78 Å². The van der Waals surface area contributed by atoms with Crippen LogP contribution >= 0.6 is 0 Å². The third-order valence-electron chi connectivity index (χ3n) is 4.14. The summed E-state index contributed by atoms with van der Waals surface area (Å²) in [5.74, 6) is 0.221. The van der Waals surface area contributed by atoms with E-state index >= 15 is 0 Å². The summed E-state index contributed by atoms with van der Waals surface area (Å²) in [4.78, 5) is 28.1. The zero-order chi connectivity index (χ0) is 17.1. The van der Waals surface area contributed by atoms with Crippen LogP contribution in [0.25, 0.3) is 0 Å². The van der Waals surface area contributed by atoms with Crippen molar-refractivity contribution in [2.24, 2.45) is 16.6 Å². The molecule has 5 nitrogen and oxygen atoms in total. The molecular formula is C19H19N3O2. The number of aliphatic imine (C=N–C) groups is 1. The van der Waals surface area contributed by atoms with Crippen molar-refractivity contribution in [3.8, 4) is 0 Å². The third-order valence-corrected chi connectivity index (χ3v) is 4.14. The van der Waals surface area contributed by atoms with Crippen molar-refractivity contribution in [2.75, 3.05) is 13.1 Å². The lowest BCUT2D eigenvalue weighted by molar-refractivity contribution is 0.0923. The van der Waals surface area contributed by atoms with Crippen molar-refractivity contribution in [3.05, 3.63) is 70.8 Å². The summed E-state index contributed by atoms with van der Waals surface area (Å²) >= 11 is 0. The molecule has 1 aliphatic heterocycles. The second kappa shape index (κ2) is 6.66. The topological polar surface area (TPSA) is 84.6 Å². The minimum atomic E-state index is -0.455. The first-order valence-corrected chi connectivity index (χ1v) is 7.84. The zero-order valence-corrected chi connectivity index (χ0v) is 13.5. The maximum absolute atomic E-state index is 12.5. The Morgan fingerprint density at radius 1 is 1.04 bits per heavy atom. The van der Waals surface area contributed by atoms with E-state index in [0.29, 0.717) is 18.7 Å². The Bertz CT molecular complexity index is 792. The van der Waals surface area contributed by atoms with Gasteiger partial charge in [-0.25, -0.2) is 0 Å². The first-order valence-electron chi connectivity index (χ1n) is 7.84. The number of nitrogens with zero attached hydrogens (tertiary/aromatic N) is 1. The maximum atomic E-state index is 12.5. The highest BCUT2D eigenvalue weighted by Gasteiger charge is 2.23. The van der Waals surface area contributed by atoms with Crippen molar-refractivity contribution in [1.82, 2.24) is 5.32 Å². The number of carbonyl (C=O) groups is 2. The largest absolute Gasteiger partial charge is 0.369 e. The lowest BCUT2D eigenvalue weighted by atomic mass is 9.95. The van der Waals surface area contributed by atoms with Crippen molar-refractivity contribution in [3.63, 3.8) is 0 Å². The number of nitrogens with one attached hydrogen (secondary N) is 1. The summed E-state index contributed by atoms with van der Waals surface area (Å²) in [7, 11) is 0. The van der Waals surface area contributed by atoms with Gasteiger partial charge in [0.05, 0.1) is 12.5 Å². The zero-order valence-electron chi connectivity index (χ0n) is 13.5. The molecular weight excluding hydrogens is 302 g/mol. The number of hydrogen-bond acceptors (Lipinski definition) is 4. The Labute approximate surface area is 140 Å². The highest BCUT2D eigenvalue weighted by molar-refractivity contribution is 6.03. The number of hydrogen-bond donors (Lipinski definition) is 2. The molecule has 0 bridgehead atoms. The Balaban J connectivity index is 1.70. The summed E-state index contributed by atoms with van der Waals surface area (Å²) in [6.45, 7) is 2.99. The van der Waals surface area contributed by atoms with Crippen molar-refractivity contribution < 1.29 is 9.59 Å². The van der Waals surface area contributed by atoms with Crippen LogP contribution in [0.4, 0.5) is 0 Å². The highest BCUT2D eigenvalue weighted by Crippen LogP contribution is 2.14. The van der Waals surface area contributed by atoms with Crippen LogP contribution in [-0.4, -0.2) is 30.6 Å². The SMILES string of the molecule is Cc1ccc(C(=O)C2CN=C(c3ccc(C(N)=O)cc3)NC2)cc1. The van der Waals surface area contributed by atoms with Crippen LogP contribution in [-0.2, 0) is 0 Å². The molecule has 2 aromatic carbocycles. The molecule has 5 heteroatoms. The summed E-state index contributed by atoms with van der Waals surface area (Å²) in [5, 5.41) is 3.21. The first-order chi connectivity index (χ1) is 11.5. The molecule has 1 heterocycles. The average molecular weight is 321 g/mol. The van der Waals surface area contributed by atoms with Gasteiger partial charge in [-0.15, -0.1) is 0 Å². The molecule has 0 radical (unpaired) electrons. The molecule has 1 aliphatic rings. The molecule has 1 unspecified atom stereocenters. The van der Waals surface area contributed by atoms with Gasteiger partial charge >= 0.3 is 0 Å². The van der Waals surface area contributed by atoms with Crippen LogP contribution in [0.15, 0.2) is 53.5 Å². The van der Waals surface area contributed by atoms with Gasteiger partial charge in [-0.1, -0.05) is 42.0 Å². The highest BCUT2D eigenvalue weighted by atomic mass is 16.1. The van der Waals surface area contributed by atoms with Crippen LogP contribution in [0.5, 0.6) is 0 Å². The van der Waals surface area contributed by atoms with Gasteiger partial charge in [0.25, 0.3) is 0 Å². The minimum absolute atomic E-state index is 0.106. The summed E-state index contributed by atoms with van der Waals surface area (Å²) in [6, 6.07) is 14.6. The number of amides is 1. The Morgan fingerprint density at radius 3 is 2.21 bits per heavy atom. The smallest absolute Gasteiger partial charge is 0.248 e. The lowest BCUT2D eigenvalue weighted by Gasteiger charge is -2.22. The van der Waals surface area contributed by atoms with Crippen LogP contribution < -0.4 is 11.1 Å². The predicted octanol–water partition coefficient (Wildman–Crippen LogP) is 1.94. The van der Waals surface area contributed by atoms with Gasteiger partial charge < -0.3 is 11.1 Å². The number of nitrogens with two attached hydrogens (primary N) is 1. The number of Topliss-reactive ketones (excluding diaryl/α,β-unsaturated/α-hetero) is 1. The predicted molar refractivity (Wildman–Crippen MR) is 93.4 cm³/mol. The molecule has 2 aromatic rings. The van der Waals surface area contributed by atoms with Crippen molar-refractivity contribution >= 4 is 17.5 Å². The third kappa shape index (κ3) is 3.35. The van der Waals surface area contributed by atoms with E-state index in [2.05, 4.69) is 10.3 Å². The van der Waals surface area contributed by atoms with Crippen LogP contribution in [0.3, 0.4) is 0 Å². The number of primary amides is 1. The summed E-state index contributed by atoms with van der Waals surface area (Å²) in [6.07, 6.45) is 0. The monoisotopic (exact) mass is 321 g/mol. The normalized spacial score (nSPS) is 16.9. The van der Waals surface area contributed by atoms with Gasteiger partial charge in [-0.05, 0) is 19.1 Å². The molecule has 24 heavy (non-hydrogen) atoms. The number of rotatable bonds is 4. The number of amidine groups is 1. The summed E-state index contributed by atoms with van der Waals surface area (Å²) < 4.78 is 0. The minimum Gasteiger partial charge on any atom is -0.369 e. The summed E-state index contributed by atoms with van der Waals surface area (Å²) in [5.41, 5.74) is 8.42. The Kier molecular flexibility index (Phi) is 4.42. The number of aryl methyl sites for hydroxylation is 1. The van der Waals surface area contributed by atoms with E-state index in [4.69, 9.17) is 5.73 Å². The number of benzene rings is 2. The van der Waals surface area contributed by atoms with Gasteiger partial charge in [0.2, 0.25) is 5.91 Å². The fourth-order valence-corrected chi connectivity index (χ4v) is 2.66. The second-order valence-corrected chi connectivity index (χ2v) is 5.94. The molecule has 1 atom stereocenters. The molecule has 1 amide bonds. The standard InChI is InChI=1S/C19H19N3O2/c1-12-2-4-13(5-3-12)17(23)16-10-21-19(22-11-16)15-8-6-14(7-9-15)18(20)24/h2-9,16H,10-11H2,1H3,(H2,20,24)(H,21,22). The molecule has 0 spiro atoms. The second-order valence-electron chi connectivity index (χ2n) is 5.94. The average Bonchev–Trinajstić information content (AvgIpc) is 2.62. The van der Waals surface area contributed by atoms with E-state index in [1.165, 1.54) is 0 Å². The molecule has 0 saturated heterocycles. The Hall–Kier alpha value is -2.95. The molecule has 3 rings (SSSR count). The molecule has 0 aromatic heterocycles. The van der Waals surface area contributed by atoms with E-state index in [1.807, 2.05) is 31.2 Å². The van der Waals surface area contributed by atoms with Crippen LogP contribution in [0, 0.1) is 12.8 Å². The van der Waals surface area contributed by atoms with Gasteiger partial charge in [0.1, 0.15) is 5.84 Å². The molecule has 0 aliphatic carbocycles. The van der Waals surface area contributed by atoms with Gasteiger partial charge in [-0.3, -0.25) is 14.6 Å².